The van der Waals surface area contributed by atoms with Gasteiger partial charge in [0.05, 0.1) is 17.6 Å². The van der Waals surface area contributed by atoms with Gasteiger partial charge in [-0.3, -0.25) is 9.79 Å². The number of thiazole rings is 1. The molecule has 0 saturated heterocycles. The fraction of sp³-hybridized carbons (Fsp3) is 0.583. The van der Waals surface area contributed by atoms with Crippen LogP contribution in [-0.4, -0.2) is 49.7 Å². The van der Waals surface area contributed by atoms with Gasteiger partial charge in [-0.25, -0.2) is 4.98 Å². The number of guanidine groups is 1. The van der Waals surface area contributed by atoms with Crippen molar-refractivity contribution < 1.29 is 18.0 Å². The number of nitrogens with one attached hydrogen (secondary N) is 3. The van der Waals surface area contributed by atoms with Crippen molar-refractivity contribution in [3.05, 3.63) is 16.1 Å². The molecule has 0 bridgehead atoms. The largest absolute Gasteiger partial charge is 0.390 e. The molecule has 132 valence electrons. The molecule has 1 amide bonds. The van der Waals surface area contributed by atoms with Gasteiger partial charge in [-0.1, -0.05) is 0 Å². The van der Waals surface area contributed by atoms with Crippen molar-refractivity contribution in [3.63, 3.8) is 0 Å². The van der Waals surface area contributed by atoms with Gasteiger partial charge in [0, 0.05) is 26.7 Å². The number of carbonyl (C=O) groups is 1. The Kier molecular flexibility index (Phi) is 10.1. The molecule has 11 heteroatoms. The molecular formula is C12H19F3IN5OS. The zero-order valence-electron chi connectivity index (χ0n) is 12.7. The molecule has 1 heterocycles. The Morgan fingerprint density at radius 1 is 1.26 bits per heavy atom. The molecule has 0 saturated carbocycles. The van der Waals surface area contributed by atoms with E-state index in [1.165, 1.54) is 18.4 Å². The van der Waals surface area contributed by atoms with Crippen LogP contribution in [0.2, 0.25) is 0 Å². The minimum absolute atomic E-state index is 0. The summed E-state index contributed by atoms with van der Waals surface area (Å²) in [7, 11) is 1.46. The highest BCUT2D eigenvalue weighted by Gasteiger charge is 2.26. The summed E-state index contributed by atoms with van der Waals surface area (Å²) in [6.07, 6.45) is -5.14. The normalized spacial score (nSPS) is 11.6. The van der Waals surface area contributed by atoms with Crippen LogP contribution in [0.5, 0.6) is 0 Å². The molecule has 0 aliphatic heterocycles. The zero-order chi connectivity index (χ0) is 16.6. The number of aryl methyl sites for hydroxylation is 1. The fourth-order valence-electron chi connectivity index (χ4n) is 1.50. The van der Waals surface area contributed by atoms with Crippen molar-refractivity contribution >= 4 is 47.2 Å². The number of nitrogens with zero attached hydrogens (tertiary/aromatic N) is 2. The summed E-state index contributed by atoms with van der Waals surface area (Å²) >= 11 is 1.25. The molecule has 1 rings (SSSR count). The number of alkyl halides is 3. The van der Waals surface area contributed by atoms with Gasteiger partial charge >= 0.3 is 6.18 Å². The van der Waals surface area contributed by atoms with Crippen LogP contribution in [0.1, 0.15) is 21.8 Å². The standard InChI is InChI=1S/C12H18F3N5OS.HI/c1-8-9(22-7-20-8)10(21)17-5-6-19-11(16-2)18-4-3-12(13,14)15;/h7H,3-6H2,1-2H3,(H,17,21)(H2,16,18,19);1H. The third-order valence-corrected chi connectivity index (χ3v) is 3.51. The summed E-state index contributed by atoms with van der Waals surface area (Å²) in [4.78, 5) is 20.1. The zero-order valence-corrected chi connectivity index (χ0v) is 15.8. The van der Waals surface area contributed by atoms with Gasteiger partial charge in [-0.15, -0.1) is 35.3 Å². The van der Waals surface area contributed by atoms with Crippen molar-refractivity contribution in [2.24, 2.45) is 4.99 Å². The summed E-state index contributed by atoms with van der Waals surface area (Å²) in [5, 5.41) is 8.06. The van der Waals surface area contributed by atoms with E-state index in [-0.39, 0.29) is 42.4 Å². The van der Waals surface area contributed by atoms with Gasteiger partial charge < -0.3 is 16.0 Å². The maximum atomic E-state index is 12.0. The minimum Gasteiger partial charge on any atom is -0.356 e. The molecule has 1 aromatic rings. The predicted octanol–water partition coefficient (Wildman–Crippen LogP) is 1.92. The van der Waals surface area contributed by atoms with Gasteiger partial charge in [0.2, 0.25) is 0 Å². The Labute approximate surface area is 153 Å². The Morgan fingerprint density at radius 3 is 2.39 bits per heavy atom. The van der Waals surface area contributed by atoms with Gasteiger partial charge in [-0.2, -0.15) is 13.2 Å². The van der Waals surface area contributed by atoms with E-state index in [1.54, 1.807) is 12.4 Å². The molecule has 0 aromatic carbocycles. The van der Waals surface area contributed by atoms with E-state index < -0.39 is 12.6 Å². The first kappa shape index (κ1) is 21.9. The Bertz CT molecular complexity index is 521. The number of halogens is 4. The number of carbonyl (C=O) groups excluding carboxylic acids is 1. The highest BCUT2D eigenvalue weighted by molar-refractivity contribution is 14.0. The lowest BCUT2D eigenvalue weighted by atomic mass is 10.4. The van der Waals surface area contributed by atoms with E-state index in [1.807, 2.05) is 0 Å². The molecule has 0 aliphatic rings. The molecule has 3 N–H and O–H groups in total. The van der Waals surface area contributed by atoms with E-state index in [4.69, 9.17) is 0 Å². The first-order valence-corrected chi connectivity index (χ1v) is 7.41. The monoisotopic (exact) mass is 465 g/mol. The van der Waals surface area contributed by atoms with Crippen LogP contribution in [0.4, 0.5) is 13.2 Å². The molecule has 0 radical (unpaired) electrons. The van der Waals surface area contributed by atoms with Crippen LogP contribution in [0.3, 0.4) is 0 Å². The third-order valence-electron chi connectivity index (χ3n) is 2.58. The predicted molar refractivity (Wildman–Crippen MR) is 94.6 cm³/mol. The third kappa shape index (κ3) is 8.93. The highest BCUT2D eigenvalue weighted by Crippen LogP contribution is 2.18. The molecule has 23 heavy (non-hydrogen) atoms. The van der Waals surface area contributed by atoms with Crippen LogP contribution in [-0.2, 0) is 0 Å². The minimum atomic E-state index is -4.20. The SMILES string of the molecule is CN=C(NCCNC(=O)c1scnc1C)NCCC(F)(F)F.I. The van der Waals surface area contributed by atoms with Crippen LogP contribution in [0.25, 0.3) is 0 Å². The molecule has 0 unspecified atom stereocenters. The summed E-state index contributed by atoms with van der Waals surface area (Å²) in [6.45, 7) is 2.15. The maximum Gasteiger partial charge on any atom is 0.390 e. The van der Waals surface area contributed by atoms with Gasteiger partial charge in [0.1, 0.15) is 4.88 Å². The average molecular weight is 465 g/mol. The maximum absolute atomic E-state index is 12.0. The Morgan fingerprint density at radius 2 is 1.87 bits per heavy atom. The molecule has 1 aromatic heterocycles. The Hall–Kier alpha value is -1.11. The second kappa shape index (κ2) is 10.6. The fourth-order valence-corrected chi connectivity index (χ4v) is 2.22. The highest BCUT2D eigenvalue weighted by atomic mass is 127. The summed E-state index contributed by atoms with van der Waals surface area (Å²) < 4.78 is 36.1. The first-order chi connectivity index (χ1) is 10.3. The lowest BCUT2D eigenvalue weighted by Crippen LogP contribution is -2.42. The average Bonchev–Trinajstić information content (AvgIpc) is 2.86. The molecule has 0 fully saturated rings. The van der Waals surface area contributed by atoms with Crippen LogP contribution >= 0.6 is 35.3 Å². The summed E-state index contributed by atoms with van der Waals surface area (Å²) in [6, 6.07) is 0. The lowest BCUT2D eigenvalue weighted by Gasteiger charge is -2.13. The van der Waals surface area contributed by atoms with Crippen molar-refractivity contribution in [1.82, 2.24) is 20.9 Å². The van der Waals surface area contributed by atoms with Crippen molar-refractivity contribution in [2.75, 3.05) is 26.7 Å². The molecule has 0 atom stereocenters. The second-order valence-electron chi connectivity index (χ2n) is 4.31. The van der Waals surface area contributed by atoms with E-state index in [2.05, 4.69) is 25.9 Å². The lowest BCUT2D eigenvalue weighted by molar-refractivity contribution is -0.132. The number of hydrogen-bond donors (Lipinski definition) is 3. The molecule has 0 aliphatic carbocycles. The molecular weight excluding hydrogens is 446 g/mol. The Balaban J connectivity index is 0.00000484. The molecule has 0 spiro atoms. The first-order valence-electron chi connectivity index (χ1n) is 6.53. The van der Waals surface area contributed by atoms with E-state index in [0.717, 1.165) is 0 Å². The summed E-state index contributed by atoms with van der Waals surface area (Å²) in [5.41, 5.74) is 2.26. The number of amides is 1. The van der Waals surface area contributed by atoms with Gasteiger partial charge in [0.25, 0.3) is 5.91 Å². The van der Waals surface area contributed by atoms with Crippen LogP contribution in [0, 0.1) is 6.92 Å². The van der Waals surface area contributed by atoms with E-state index >= 15 is 0 Å². The van der Waals surface area contributed by atoms with E-state index in [9.17, 15) is 18.0 Å². The number of hydrogen-bond acceptors (Lipinski definition) is 4. The number of aliphatic imine (C=N–C) groups is 1. The van der Waals surface area contributed by atoms with Crippen molar-refractivity contribution in [3.8, 4) is 0 Å². The van der Waals surface area contributed by atoms with Gasteiger partial charge in [-0.05, 0) is 6.92 Å². The van der Waals surface area contributed by atoms with Crippen LogP contribution < -0.4 is 16.0 Å². The number of rotatable bonds is 6. The number of aromatic nitrogens is 1. The topological polar surface area (TPSA) is 78.4 Å². The van der Waals surface area contributed by atoms with E-state index in [0.29, 0.717) is 23.7 Å². The second-order valence-corrected chi connectivity index (χ2v) is 5.17. The van der Waals surface area contributed by atoms with Crippen molar-refractivity contribution in [1.29, 1.82) is 0 Å². The van der Waals surface area contributed by atoms with Gasteiger partial charge in [0.15, 0.2) is 5.96 Å². The van der Waals surface area contributed by atoms with Crippen LogP contribution in [0.15, 0.2) is 10.5 Å². The molecule has 6 nitrogen and oxygen atoms in total. The van der Waals surface area contributed by atoms with Crippen molar-refractivity contribution in [2.45, 2.75) is 19.5 Å². The smallest absolute Gasteiger partial charge is 0.356 e. The summed E-state index contributed by atoms with van der Waals surface area (Å²) in [5.74, 6) is 0.0364. The quantitative estimate of drug-likeness (QED) is 0.260.